The van der Waals surface area contributed by atoms with Gasteiger partial charge in [-0.2, -0.15) is 5.10 Å². The second kappa shape index (κ2) is 7.78. The highest BCUT2D eigenvalue weighted by Gasteiger charge is 2.02. The third-order valence-electron chi connectivity index (χ3n) is 3.24. The molecule has 0 saturated carbocycles. The van der Waals surface area contributed by atoms with Crippen molar-refractivity contribution in [3.05, 3.63) is 72.7 Å². The van der Waals surface area contributed by atoms with Gasteiger partial charge in [-0.3, -0.25) is 4.79 Å². The zero-order valence-corrected chi connectivity index (χ0v) is 12.9. The van der Waals surface area contributed by atoms with Crippen molar-refractivity contribution in [1.29, 1.82) is 0 Å². The molecule has 2 aromatic carbocycles. The number of fused-ring (bicyclic) bond motifs is 1. The van der Waals surface area contributed by atoms with Crippen LogP contribution in [-0.2, 0) is 4.79 Å². The third-order valence-corrected chi connectivity index (χ3v) is 3.24. The molecule has 3 rings (SSSR count). The lowest BCUT2D eigenvalue weighted by molar-refractivity contribution is -0.123. The zero-order valence-electron chi connectivity index (χ0n) is 12.9. The molecule has 1 N–H and O–H groups in total. The molecule has 0 radical (unpaired) electrons. The molecule has 1 aromatic heterocycles. The van der Waals surface area contributed by atoms with Gasteiger partial charge in [0.1, 0.15) is 11.5 Å². The number of carbonyl (C=O) groups excluding carboxylic acids is 1. The first kappa shape index (κ1) is 15.6. The second-order valence-corrected chi connectivity index (χ2v) is 4.99. The van der Waals surface area contributed by atoms with E-state index >= 15 is 0 Å². The number of nitrogens with one attached hydrogen (secondary N) is 1. The summed E-state index contributed by atoms with van der Waals surface area (Å²) < 4.78 is 10.6. The van der Waals surface area contributed by atoms with Crippen molar-refractivity contribution in [3.63, 3.8) is 0 Å². The van der Waals surface area contributed by atoms with Crippen LogP contribution < -0.4 is 10.2 Å². The lowest BCUT2D eigenvalue weighted by atomic mass is 10.1. The molecule has 0 spiro atoms. The van der Waals surface area contributed by atoms with Crippen molar-refractivity contribution in [2.24, 2.45) is 5.10 Å². The van der Waals surface area contributed by atoms with Crippen molar-refractivity contribution in [3.8, 4) is 5.75 Å². The van der Waals surface area contributed by atoms with Crippen LogP contribution in [0.25, 0.3) is 16.8 Å². The van der Waals surface area contributed by atoms with E-state index in [1.165, 1.54) is 6.21 Å². The van der Waals surface area contributed by atoms with Crippen LogP contribution in [0.3, 0.4) is 0 Å². The number of carbonyl (C=O) groups is 1. The maximum atomic E-state index is 11.7. The molecule has 120 valence electrons. The molecule has 0 fully saturated rings. The summed E-state index contributed by atoms with van der Waals surface area (Å²) in [6.07, 6.45) is 6.46. The Morgan fingerprint density at radius 3 is 2.83 bits per heavy atom. The van der Waals surface area contributed by atoms with E-state index in [9.17, 15) is 4.79 Å². The number of amides is 1. The van der Waals surface area contributed by atoms with Gasteiger partial charge in [0.25, 0.3) is 5.91 Å². The SMILES string of the molecule is O=C(COc1ccc2ccccc2c1)NN=C/C=C\c1ccco1. The average Bonchev–Trinajstić information content (AvgIpc) is 3.13. The average molecular weight is 320 g/mol. The van der Waals surface area contributed by atoms with E-state index < -0.39 is 0 Å². The van der Waals surface area contributed by atoms with Gasteiger partial charge in [0.2, 0.25) is 0 Å². The number of nitrogens with zero attached hydrogens (tertiary/aromatic N) is 1. The summed E-state index contributed by atoms with van der Waals surface area (Å²) in [7, 11) is 0. The molecule has 0 bridgehead atoms. The van der Waals surface area contributed by atoms with Crippen molar-refractivity contribution in [2.45, 2.75) is 0 Å². The molecule has 1 amide bonds. The first-order chi connectivity index (χ1) is 11.8. The molecule has 3 aromatic rings. The first-order valence-corrected chi connectivity index (χ1v) is 7.45. The van der Waals surface area contributed by atoms with Crippen LogP contribution in [0, 0.1) is 0 Å². The molecule has 0 saturated heterocycles. The van der Waals surface area contributed by atoms with Crippen LogP contribution in [0.1, 0.15) is 5.76 Å². The number of furan rings is 1. The number of rotatable bonds is 6. The predicted octanol–water partition coefficient (Wildman–Crippen LogP) is 3.63. The van der Waals surface area contributed by atoms with E-state index in [0.29, 0.717) is 11.5 Å². The molecule has 24 heavy (non-hydrogen) atoms. The summed E-state index contributed by atoms with van der Waals surface area (Å²) in [6, 6.07) is 17.3. The van der Waals surface area contributed by atoms with Gasteiger partial charge in [0, 0.05) is 6.21 Å². The summed E-state index contributed by atoms with van der Waals surface area (Å²) in [5.41, 5.74) is 2.39. The quantitative estimate of drug-likeness (QED) is 0.557. The van der Waals surface area contributed by atoms with E-state index in [-0.39, 0.29) is 12.5 Å². The van der Waals surface area contributed by atoms with Crippen LogP contribution in [0.15, 0.2) is 76.5 Å². The monoisotopic (exact) mass is 320 g/mol. The highest BCUT2D eigenvalue weighted by Crippen LogP contribution is 2.20. The molecular weight excluding hydrogens is 304 g/mol. The fourth-order valence-electron chi connectivity index (χ4n) is 2.11. The van der Waals surface area contributed by atoms with Crippen LogP contribution in [0.4, 0.5) is 0 Å². The Labute approximate surface area is 139 Å². The number of hydrazone groups is 1. The Kier molecular flexibility index (Phi) is 5.04. The summed E-state index contributed by atoms with van der Waals surface area (Å²) in [4.78, 5) is 11.7. The van der Waals surface area contributed by atoms with Gasteiger partial charge >= 0.3 is 0 Å². The van der Waals surface area contributed by atoms with Crippen LogP contribution in [-0.4, -0.2) is 18.7 Å². The topological polar surface area (TPSA) is 63.8 Å². The Bertz CT molecular complexity index is 867. The van der Waals surface area contributed by atoms with Crippen LogP contribution in [0.5, 0.6) is 5.75 Å². The zero-order chi connectivity index (χ0) is 16.6. The normalized spacial score (nSPS) is 11.3. The highest BCUT2D eigenvalue weighted by molar-refractivity contribution is 5.84. The molecule has 5 nitrogen and oxygen atoms in total. The van der Waals surface area contributed by atoms with Crippen LogP contribution in [0.2, 0.25) is 0 Å². The van der Waals surface area contributed by atoms with E-state index in [2.05, 4.69) is 10.5 Å². The molecule has 0 aliphatic heterocycles. The molecule has 0 aliphatic rings. The lowest BCUT2D eigenvalue weighted by Gasteiger charge is -2.06. The van der Waals surface area contributed by atoms with Crippen molar-refractivity contribution >= 4 is 29.0 Å². The number of allylic oxidation sites excluding steroid dienone is 1. The number of benzene rings is 2. The first-order valence-electron chi connectivity index (χ1n) is 7.45. The maximum absolute atomic E-state index is 11.7. The van der Waals surface area contributed by atoms with Gasteiger partial charge in [-0.25, -0.2) is 5.43 Å². The van der Waals surface area contributed by atoms with E-state index in [1.54, 1.807) is 24.5 Å². The van der Waals surface area contributed by atoms with Crippen molar-refractivity contribution in [2.75, 3.05) is 6.61 Å². The standard InChI is InChI=1S/C19H16N2O3/c22-19(21-20-11-3-7-17-8-4-12-23-17)14-24-18-10-9-15-5-1-2-6-16(15)13-18/h1-13H,14H2,(H,21,22)/b7-3-,20-11?. The fourth-order valence-corrected chi connectivity index (χ4v) is 2.11. The predicted molar refractivity (Wildman–Crippen MR) is 93.8 cm³/mol. The van der Waals surface area contributed by atoms with Crippen molar-refractivity contribution < 1.29 is 13.9 Å². The fraction of sp³-hybridized carbons (Fsp3) is 0.0526. The minimum Gasteiger partial charge on any atom is -0.484 e. The maximum Gasteiger partial charge on any atom is 0.277 e. The van der Waals surface area contributed by atoms with Gasteiger partial charge in [-0.1, -0.05) is 30.3 Å². The van der Waals surface area contributed by atoms with Gasteiger partial charge in [-0.05, 0) is 47.2 Å². The molecule has 0 unspecified atom stereocenters. The largest absolute Gasteiger partial charge is 0.484 e. The van der Waals surface area contributed by atoms with Crippen LogP contribution >= 0.6 is 0 Å². The van der Waals surface area contributed by atoms with Crippen molar-refractivity contribution in [1.82, 2.24) is 5.43 Å². The Balaban J connectivity index is 1.46. The summed E-state index contributed by atoms with van der Waals surface area (Å²) in [6.45, 7) is -0.0996. The lowest BCUT2D eigenvalue weighted by Crippen LogP contribution is -2.24. The Morgan fingerprint density at radius 1 is 1.12 bits per heavy atom. The highest BCUT2D eigenvalue weighted by atomic mass is 16.5. The minimum absolute atomic E-state index is 0.0996. The number of hydrogen-bond donors (Lipinski definition) is 1. The summed E-state index contributed by atoms with van der Waals surface area (Å²) in [5.74, 6) is 1.03. The number of ether oxygens (including phenoxy) is 1. The molecule has 5 heteroatoms. The van der Waals surface area contributed by atoms with Gasteiger partial charge in [-0.15, -0.1) is 0 Å². The third kappa shape index (κ3) is 4.33. The number of hydrogen-bond acceptors (Lipinski definition) is 4. The van der Waals surface area contributed by atoms with Gasteiger partial charge in [0.15, 0.2) is 6.61 Å². The van der Waals surface area contributed by atoms with Gasteiger partial charge < -0.3 is 9.15 Å². The molecular formula is C19H16N2O3. The smallest absolute Gasteiger partial charge is 0.277 e. The van der Waals surface area contributed by atoms with E-state index in [0.717, 1.165) is 10.8 Å². The van der Waals surface area contributed by atoms with Gasteiger partial charge in [0.05, 0.1) is 6.26 Å². The molecule has 1 heterocycles. The minimum atomic E-state index is -0.328. The summed E-state index contributed by atoms with van der Waals surface area (Å²) >= 11 is 0. The van der Waals surface area contributed by atoms with E-state index in [1.807, 2.05) is 48.5 Å². The molecule has 0 atom stereocenters. The Hall–Kier alpha value is -3.34. The second-order valence-electron chi connectivity index (χ2n) is 4.99. The molecule has 0 aliphatic carbocycles. The van der Waals surface area contributed by atoms with E-state index in [4.69, 9.17) is 9.15 Å². The summed E-state index contributed by atoms with van der Waals surface area (Å²) in [5, 5.41) is 5.99. The Morgan fingerprint density at radius 2 is 2.00 bits per heavy atom.